The number of carboxylic acids is 1. The molecule has 84 valence electrons. The molecule has 0 amide bonds. The third-order valence-corrected chi connectivity index (χ3v) is 4.05. The molecule has 0 unspecified atom stereocenters. The number of ether oxygens (including phenoxy) is 1. The predicted octanol–water partition coefficient (Wildman–Crippen LogP) is 1.58. The molecule has 4 heteroatoms. The maximum absolute atomic E-state index is 11.8. The average molecular weight is 212 g/mol. The quantitative estimate of drug-likeness (QED) is 0.706. The van der Waals surface area contributed by atoms with Crippen LogP contribution in [0.1, 0.15) is 39.5 Å². The van der Waals surface area contributed by atoms with Crippen molar-refractivity contribution in [2.45, 2.75) is 45.1 Å². The Morgan fingerprint density at radius 2 is 2.20 bits per heavy atom. The summed E-state index contributed by atoms with van der Waals surface area (Å²) in [6.45, 7) is 3.70. The molecule has 4 nitrogen and oxygen atoms in total. The molecule has 3 atom stereocenters. The van der Waals surface area contributed by atoms with Crippen molar-refractivity contribution in [2.75, 3.05) is 0 Å². The van der Waals surface area contributed by atoms with E-state index in [2.05, 4.69) is 0 Å². The topological polar surface area (TPSA) is 63.6 Å². The van der Waals surface area contributed by atoms with Crippen LogP contribution in [-0.4, -0.2) is 22.6 Å². The molecular formula is C11H16O4. The van der Waals surface area contributed by atoms with E-state index in [1.165, 1.54) is 0 Å². The molecule has 0 radical (unpaired) electrons. The lowest BCUT2D eigenvalue weighted by molar-refractivity contribution is -0.151. The van der Waals surface area contributed by atoms with Crippen LogP contribution in [-0.2, 0) is 14.3 Å². The van der Waals surface area contributed by atoms with Gasteiger partial charge in [0.05, 0.1) is 11.8 Å². The molecule has 1 aliphatic heterocycles. The zero-order valence-electron chi connectivity index (χ0n) is 9.08. The Morgan fingerprint density at radius 3 is 2.73 bits per heavy atom. The lowest BCUT2D eigenvalue weighted by Gasteiger charge is -2.38. The second kappa shape index (κ2) is 2.97. The molecule has 2 fully saturated rings. The number of esters is 1. The van der Waals surface area contributed by atoms with Gasteiger partial charge in [-0.15, -0.1) is 0 Å². The van der Waals surface area contributed by atoms with Gasteiger partial charge in [-0.2, -0.15) is 0 Å². The van der Waals surface area contributed by atoms with E-state index >= 15 is 0 Å². The third kappa shape index (κ3) is 1.34. The maximum Gasteiger partial charge on any atom is 0.312 e. The highest BCUT2D eigenvalue weighted by Gasteiger charge is 2.62. The predicted molar refractivity (Wildman–Crippen MR) is 52.2 cm³/mol. The zero-order chi connectivity index (χ0) is 11.3. The van der Waals surface area contributed by atoms with Crippen molar-refractivity contribution >= 4 is 11.9 Å². The highest BCUT2D eigenvalue weighted by atomic mass is 16.6. The number of rotatable bonds is 2. The maximum atomic E-state index is 11.8. The Hall–Kier alpha value is -1.06. The summed E-state index contributed by atoms with van der Waals surface area (Å²) in [5.74, 6) is -1.24. The molecule has 2 aliphatic rings. The van der Waals surface area contributed by atoms with Gasteiger partial charge in [0.1, 0.15) is 5.60 Å². The van der Waals surface area contributed by atoms with Crippen LogP contribution < -0.4 is 0 Å². The number of fused-ring (bicyclic) bond motifs is 2. The van der Waals surface area contributed by atoms with E-state index in [9.17, 15) is 9.59 Å². The lowest BCUT2D eigenvalue weighted by Crippen LogP contribution is -2.43. The summed E-state index contributed by atoms with van der Waals surface area (Å²) >= 11 is 0. The second-order valence-corrected chi connectivity index (χ2v) is 5.12. The molecule has 1 N–H and O–H groups in total. The minimum absolute atomic E-state index is 0.0265. The van der Waals surface area contributed by atoms with Crippen LogP contribution in [0.15, 0.2) is 0 Å². The van der Waals surface area contributed by atoms with Gasteiger partial charge >= 0.3 is 11.9 Å². The average Bonchev–Trinajstić information content (AvgIpc) is 2.24. The molecular weight excluding hydrogens is 196 g/mol. The molecule has 0 aromatic heterocycles. The summed E-state index contributed by atoms with van der Waals surface area (Å²) in [7, 11) is 0. The fraction of sp³-hybridized carbons (Fsp3) is 0.818. The Balaban J connectivity index is 2.35. The minimum Gasteiger partial charge on any atom is -0.481 e. The molecule has 0 spiro atoms. The van der Waals surface area contributed by atoms with E-state index < -0.39 is 17.0 Å². The monoisotopic (exact) mass is 212 g/mol. The van der Waals surface area contributed by atoms with E-state index in [0.29, 0.717) is 0 Å². The van der Waals surface area contributed by atoms with Crippen molar-refractivity contribution in [1.82, 2.24) is 0 Å². The van der Waals surface area contributed by atoms with Gasteiger partial charge in [0.15, 0.2) is 0 Å². The van der Waals surface area contributed by atoms with Crippen molar-refractivity contribution in [2.24, 2.45) is 11.3 Å². The van der Waals surface area contributed by atoms with Gasteiger partial charge in [-0.05, 0) is 33.1 Å². The van der Waals surface area contributed by atoms with Gasteiger partial charge in [-0.3, -0.25) is 9.59 Å². The van der Waals surface area contributed by atoms with E-state index in [1.807, 2.05) is 13.8 Å². The highest BCUT2D eigenvalue weighted by molar-refractivity contribution is 5.82. The SMILES string of the molecule is C[C@]12CCC[C@](C)(C(=O)O1)[C@H]2CC(=O)O. The summed E-state index contributed by atoms with van der Waals surface area (Å²) < 4.78 is 5.39. The van der Waals surface area contributed by atoms with E-state index in [4.69, 9.17) is 9.84 Å². The van der Waals surface area contributed by atoms with E-state index in [1.54, 1.807) is 0 Å². The molecule has 0 aromatic rings. The van der Waals surface area contributed by atoms with E-state index in [0.717, 1.165) is 19.3 Å². The number of carboxylic acid groups (broad SMARTS) is 1. The first kappa shape index (κ1) is 10.5. The van der Waals surface area contributed by atoms with Crippen molar-refractivity contribution in [3.8, 4) is 0 Å². The molecule has 2 rings (SSSR count). The van der Waals surface area contributed by atoms with Crippen molar-refractivity contribution < 1.29 is 19.4 Å². The van der Waals surface area contributed by atoms with Gasteiger partial charge in [0, 0.05) is 5.92 Å². The van der Waals surface area contributed by atoms with Crippen LogP contribution >= 0.6 is 0 Å². The fourth-order valence-corrected chi connectivity index (χ4v) is 3.14. The molecule has 1 saturated heterocycles. The smallest absolute Gasteiger partial charge is 0.312 e. The van der Waals surface area contributed by atoms with Gasteiger partial charge in [0.2, 0.25) is 0 Å². The number of aliphatic carboxylic acids is 1. The van der Waals surface area contributed by atoms with Gasteiger partial charge < -0.3 is 9.84 Å². The first-order chi connectivity index (χ1) is 6.88. The van der Waals surface area contributed by atoms with Crippen LogP contribution in [0.25, 0.3) is 0 Å². The number of hydrogen-bond donors (Lipinski definition) is 1. The van der Waals surface area contributed by atoms with E-state index in [-0.39, 0.29) is 18.3 Å². The Kier molecular flexibility index (Phi) is 2.07. The van der Waals surface area contributed by atoms with Crippen molar-refractivity contribution in [1.29, 1.82) is 0 Å². The Bertz CT molecular complexity index is 325. The minimum atomic E-state index is -0.849. The fourth-order valence-electron chi connectivity index (χ4n) is 3.14. The summed E-state index contributed by atoms with van der Waals surface area (Å²) in [6.07, 6.45) is 2.50. The zero-order valence-corrected chi connectivity index (χ0v) is 9.08. The van der Waals surface area contributed by atoms with Crippen LogP contribution in [0.5, 0.6) is 0 Å². The molecule has 0 aromatic carbocycles. The van der Waals surface area contributed by atoms with Gasteiger partial charge in [0.25, 0.3) is 0 Å². The first-order valence-corrected chi connectivity index (χ1v) is 5.34. The number of hydrogen-bond acceptors (Lipinski definition) is 3. The summed E-state index contributed by atoms with van der Waals surface area (Å²) in [5, 5.41) is 8.88. The van der Waals surface area contributed by atoms with Crippen molar-refractivity contribution in [3.63, 3.8) is 0 Å². The normalized spacial score (nSPS) is 43.9. The standard InChI is InChI=1S/C11H16O4/c1-10-4-3-5-11(2,15-9(10)14)7(10)6-8(12)13/h7H,3-6H2,1-2H3,(H,12,13)/t7-,10+,11-/m1/s1. The number of carbonyl (C=O) groups is 2. The molecule has 1 heterocycles. The van der Waals surface area contributed by atoms with Crippen LogP contribution in [0.4, 0.5) is 0 Å². The first-order valence-electron chi connectivity index (χ1n) is 5.34. The molecule has 1 aliphatic carbocycles. The van der Waals surface area contributed by atoms with Crippen molar-refractivity contribution in [3.05, 3.63) is 0 Å². The summed E-state index contributed by atoms with van der Waals surface area (Å²) in [6, 6.07) is 0. The van der Waals surface area contributed by atoms with Crippen LogP contribution in [0.2, 0.25) is 0 Å². The van der Waals surface area contributed by atoms with Gasteiger partial charge in [-0.1, -0.05) is 0 Å². The molecule has 1 saturated carbocycles. The second-order valence-electron chi connectivity index (χ2n) is 5.12. The third-order valence-electron chi connectivity index (χ3n) is 4.05. The lowest BCUT2D eigenvalue weighted by atomic mass is 9.62. The number of carbonyl (C=O) groups excluding carboxylic acids is 1. The highest BCUT2D eigenvalue weighted by Crippen LogP contribution is 2.56. The van der Waals surface area contributed by atoms with Crippen LogP contribution in [0, 0.1) is 11.3 Å². The summed E-state index contributed by atoms with van der Waals surface area (Å²) in [5.41, 5.74) is -1.13. The molecule has 15 heavy (non-hydrogen) atoms. The largest absolute Gasteiger partial charge is 0.481 e. The molecule has 2 bridgehead atoms. The summed E-state index contributed by atoms with van der Waals surface area (Å²) in [4.78, 5) is 22.6. The van der Waals surface area contributed by atoms with Crippen LogP contribution in [0.3, 0.4) is 0 Å². The van der Waals surface area contributed by atoms with Gasteiger partial charge in [-0.25, -0.2) is 0 Å². The Morgan fingerprint density at radius 1 is 1.53 bits per heavy atom. The Labute approximate surface area is 88.6 Å².